The van der Waals surface area contributed by atoms with Crippen LogP contribution >= 0.6 is 0 Å². The molecule has 5 heteroatoms. The molecular weight excluding hydrogens is 302 g/mol. The van der Waals surface area contributed by atoms with Gasteiger partial charge in [0, 0.05) is 12.4 Å². The second-order valence-corrected chi connectivity index (χ2v) is 5.55. The minimum absolute atomic E-state index is 0.259. The smallest absolute Gasteiger partial charge is 0.408 e. The average Bonchev–Trinajstić information content (AvgIpc) is 3.05. The van der Waals surface area contributed by atoms with E-state index >= 15 is 0 Å². The number of carbonyl (C=O) groups is 1. The fraction of sp³-hybridized carbons (Fsp3) is 0.105. The van der Waals surface area contributed by atoms with Crippen molar-refractivity contribution in [3.05, 3.63) is 84.2 Å². The van der Waals surface area contributed by atoms with Crippen LogP contribution in [0.25, 0.3) is 11.4 Å². The molecule has 1 amide bonds. The summed E-state index contributed by atoms with van der Waals surface area (Å²) in [5, 5.41) is 2.89. The number of benzene rings is 1. The number of cyclic esters (lactones) is 1. The molecule has 24 heavy (non-hydrogen) atoms. The number of aromatic nitrogens is 2. The van der Waals surface area contributed by atoms with Gasteiger partial charge in [0.15, 0.2) is 6.10 Å². The molecule has 5 nitrogen and oxygen atoms in total. The quantitative estimate of drug-likeness (QED) is 0.800. The number of hydrogen-bond donors (Lipinski definition) is 1. The summed E-state index contributed by atoms with van der Waals surface area (Å²) in [5.74, 6) is 0. The van der Waals surface area contributed by atoms with E-state index in [1.807, 2.05) is 60.7 Å². The molecule has 1 aliphatic rings. The Labute approximate surface area is 139 Å². The summed E-state index contributed by atoms with van der Waals surface area (Å²) in [7, 11) is 0. The Morgan fingerprint density at radius 2 is 1.62 bits per heavy atom. The lowest BCUT2D eigenvalue weighted by Crippen LogP contribution is -2.19. The number of alkyl carbamates (subject to hydrolysis) is 1. The predicted octanol–water partition coefficient (Wildman–Crippen LogP) is 3.67. The number of amides is 1. The van der Waals surface area contributed by atoms with Crippen LogP contribution in [0.15, 0.2) is 73.1 Å². The van der Waals surface area contributed by atoms with Gasteiger partial charge in [0.1, 0.15) is 0 Å². The van der Waals surface area contributed by atoms with Crippen molar-refractivity contribution in [1.29, 1.82) is 0 Å². The molecule has 4 rings (SSSR count). The molecule has 0 aliphatic carbocycles. The van der Waals surface area contributed by atoms with Crippen molar-refractivity contribution in [1.82, 2.24) is 15.3 Å². The highest BCUT2D eigenvalue weighted by Crippen LogP contribution is 2.37. The van der Waals surface area contributed by atoms with Crippen LogP contribution in [0.3, 0.4) is 0 Å². The van der Waals surface area contributed by atoms with E-state index in [0.717, 1.165) is 22.5 Å². The maximum absolute atomic E-state index is 11.8. The van der Waals surface area contributed by atoms with Gasteiger partial charge in [-0.25, -0.2) is 4.79 Å². The number of nitrogens with one attached hydrogen (secondary N) is 1. The molecule has 0 bridgehead atoms. The molecule has 3 heterocycles. The SMILES string of the molecule is O=C1N[C@H](c2ccnc(-c3ccccn3)c2)[C@@H](c2ccccc2)O1. The van der Waals surface area contributed by atoms with Crippen LogP contribution in [0, 0.1) is 0 Å². The van der Waals surface area contributed by atoms with Crippen LogP contribution in [-0.4, -0.2) is 16.1 Å². The second-order valence-electron chi connectivity index (χ2n) is 5.55. The normalized spacial score (nSPS) is 19.6. The van der Waals surface area contributed by atoms with Gasteiger partial charge in [-0.3, -0.25) is 9.97 Å². The Balaban J connectivity index is 1.71. The van der Waals surface area contributed by atoms with Crippen LogP contribution in [0.5, 0.6) is 0 Å². The first kappa shape index (κ1) is 14.4. The molecule has 1 fully saturated rings. The number of nitrogens with zero attached hydrogens (tertiary/aromatic N) is 2. The maximum atomic E-state index is 11.8. The zero-order valence-electron chi connectivity index (χ0n) is 12.8. The Morgan fingerprint density at radius 3 is 2.42 bits per heavy atom. The van der Waals surface area contributed by atoms with E-state index in [-0.39, 0.29) is 12.1 Å². The number of ether oxygens (including phenoxy) is 1. The third kappa shape index (κ3) is 2.72. The Bertz CT molecular complexity index is 853. The lowest BCUT2D eigenvalue weighted by Gasteiger charge is -2.18. The molecule has 2 atom stereocenters. The summed E-state index contributed by atoms with van der Waals surface area (Å²) in [6, 6.07) is 19.0. The lowest BCUT2D eigenvalue weighted by atomic mass is 9.96. The largest absolute Gasteiger partial charge is 0.439 e. The summed E-state index contributed by atoms with van der Waals surface area (Å²) in [6.07, 6.45) is 2.69. The molecule has 1 aromatic carbocycles. The van der Waals surface area contributed by atoms with E-state index in [4.69, 9.17) is 4.74 Å². The van der Waals surface area contributed by atoms with E-state index in [0.29, 0.717) is 0 Å². The zero-order valence-corrected chi connectivity index (χ0v) is 12.8. The third-order valence-corrected chi connectivity index (χ3v) is 4.01. The van der Waals surface area contributed by atoms with Gasteiger partial charge in [-0.1, -0.05) is 36.4 Å². The first-order chi connectivity index (χ1) is 11.8. The average molecular weight is 317 g/mol. The topological polar surface area (TPSA) is 64.1 Å². The minimum Gasteiger partial charge on any atom is -0.439 e. The van der Waals surface area contributed by atoms with Crippen LogP contribution in [-0.2, 0) is 4.74 Å². The first-order valence-corrected chi connectivity index (χ1v) is 7.71. The number of hydrogen-bond acceptors (Lipinski definition) is 4. The highest BCUT2D eigenvalue weighted by atomic mass is 16.6. The van der Waals surface area contributed by atoms with Gasteiger partial charge in [-0.2, -0.15) is 0 Å². The fourth-order valence-electron chi connectivity index (χ4n) is 2.88. The van der Waals surface area contributed by atoms with Gasteiger partial charge >= 0.3 is 6.09 Å². The maximum Gasteiger partial charge on any atom is 0.408 e. The molecule has 2 aromatic heterocycles. The predicted molar refractivity (Wildman–Crippen MR) is 89.0 cm³/mol. The number of carbonyl (C=O) groups excluding carboxylic acids is 1. The van der Waals surface area contributed by atoms with Crippen molar-refractivity contribution in [2.45, 2.75) is 12.1 Å². The zero-order chi connectivity index (χ0) is 16.4. The number of pyridine rings is 2. The van der Waals surface area contributed by atoms with E-state index in [1.165, 1.54) is 0 Å². The monoisotopic (exact) mass is 317 g/mol. The molecule has 3 aromatic rings. The summed E-state index contributed by atoms with van der Waals surface area (Å²) >= 11 is 0. The summed E-state index contributed by atoms with van der Waals surface area (Å²) in [6.45, 7) is 0. The molecule has 1 saturated heterocycles. The van der Waals surface area contributed by atoms with Crippen LogP contribution < -0.4 is 5.32 Å². The van der Waals surface area contributed by atoms with Crippen LogP contribution in [0.4, 0.5) is 4.79 Å². The molecular formula is C19H15N3O2. The Morgan fingerprint density at radius 1 is 0.833 bits per heavy atom. The van der Waals surface area contributed by atoms with E-state index in [2.05, 4.69) is 15.3 Å². The third-order valence-electron chi connectivity index (χ3n) is 4.01. The standard InChI is InChI=1S/C19H15N3O2/c23-19-22-17(18(24-19)13-6-2-1-3-7-13)14-9-11-21-16(12-14)15-8-4-5-10-20-15/h1-12,17-18H,(H,22,23)/t17-,18-/m1/s1. The second kappa shape index (κ2) is 6.12. The summed E-state index contributed by atoms with van der Waals surface area (Å²) in [5.41, 5.74) is 3.45. The van der Waals surface area contributed by atoms with E-state index < -0.39 is 6.09 Å². The molecule has 0 saturated carbocycles. The van der Waals surface area contributed by atoms with Gasteiger partial charge < -0.3 is 10.1 Å². The Hall–Kier alpha value is -3.21. The minimum atomic E-state index is -0.412. The summed E-state index contributed by atoms with van der Waals surface area (Å²) in [4.78, 5) is 20.5. The van der Waals surface area contributed by atoms with Crippen molar-refractivity contribution in [3.8, 4) is 11.4 Å². The van der Waals surface area contributed by atoms with Crippen LogP contribution in [0.1, 0.15) is 23.3 Å². The Kier molecular flexibility index (Phi) is 3.67. The van der Waals surface area contributed by atoms with Crippen molar-refractivity contribution in [3.63, 3.8) is 0 Å². The fourth-order valence-corrected chi connectivity index (χ4v) is 2.88. The van der Waals surface area contributed by atoms with E-state index in [1.54, 1.807) is 12.4 Å². The van der Waals surface area contributed by atoms with Crippen molar-refractivity contribution < 1.29 is 9.53 Å². The number of rotatable bonds is 3. The lowest BCUT2D eigenvalue weighted by molar-refractivity contribution is 0.132. The summed E-state index contributed by atoms with van der Waals surface area (Å²) < 4.78 is 5.47. The molecule has 0 unspecified atom stereocenters. The van der Waals surface area contributed by atoms with Gasteiger partial charge in [0.05, 0.1) is 17.4 Å². The van der Waals surface area contributed by atoms with Gasteiger partial charge in [-0.15, -0.1) is 0 Å². The van der Waals surface area contributed by atoms with Crippen molar-refractivity contribution >= 4 is 6.09 Å². The van der Waals surface area contributed by atoms with Gasteiger partial charge in [0.2, 0.25) is 0 Å². The van der Waals surface area contributed by atoms with Crippen molar-refractivity contribution in [2.75, 3.05) is 0 Å². The first-order valence-electron chi connectivity index (χ1n) is 7.71. The molecule has 0 radical (unpaired) electrons. The van der Waals surface area contributed by atoms with E-state index in [9.17, 15) is 4.79 Å². The molecule has 0 spiro atoms. The molecule has 118 valence electrons. The van der Waals surface area contributed by atoms with Crippen molar-refractivity contribution in [2.24, 2.45) is 0 Å². The van der Waals surface area contributed by atoms with Gasteiger partial charge in [-0.05, 0) is 35.4 Å². The van der Waals surface area contributed by atoms with Gasteiger partial charge in [0.25, 0.3) is 0 Å². The molecule has 1 N–H and O–H groups in total. The van der Waals surface area contributed by atoms with Crippen LogP contribution in [0.2, 0.25) is 0 Å². The highest BCUT2D eigenvalue weighted by Gasteiger charge is 2.36. The molecule has 1 aliphatic heterocycles. The highest BCUT2D eigenvalue weighted by molar-refractivity contribution is 5.71.